The van der Waals surface area contributed by atoms with Crippen LogP contribution >= 0.6 is 0 Å². The van der Waals surface area contributed by atoms with Gasteiger partial charge in [-0.1, -0.05) is 0 Å². The number of nitrogen functional groups attached to an aromatic ring is 1. The van der Waals surface area contributed by atoms with E-state index in [0.29, 0.717) is 0 Å². The van der Waals surface area contributed by atoms with E-state index >= 15 is 0 Å². The van der Waals surface area contributed by atoms with Gasteiger partial charge in [-0.2, -0.15) is 0 Å². The van der Waals surface area contributed by atoms with Gasteiger partial charge in [0.15, 0.2) is 0 Å². The summed E-state index contributed by atoms with van der Waals surface area (Å²) in [6.07, 6.45) is 1.51. The van der Waals surface area contributed by atoms with E-state index in [-0.39, 0.29) is 28.1 Å². The molecule has 0 saturated heterocycles. The highest BCUT2D eigenvalue weighted by Crippen LogP contribution is 2.22. The highest BCUT2D eigenvalue weighted by Gasteiger charge is 2.17. The Morgan fingerprint density at radius 1 is 1.50 bits per heavy atom. The molecule has 1 aromatic rings. The molecule has 6 nitrogen and oxygen atoms in total. The highest BCUT2D eigenvalue weighted by atomic mass is 32.2. The predicted molar refractivity (Wildman–Crippen MR) is 71.2 cm³/mol. The van der Waals surface area contributed by atoms with Crippen LogP contribution in [0.15, 0.2) is 23.1 Å². The Kier molecular flexibility index (Phi) is 4.71. The molecule has 8 heteroatoms. The molecule has 0 spiro atoms. The molecule has 0 heterocycles. The lowest BCUT2D eigenvalue weighted by Gasteiger charge is -2.11. The first-order valence-corrected chi connectivity index (χ1v) is 8.25. The number of anilines is 1. The lowest BCUT2D eigenvalue weighted by atomic mass is 10.3. The summed E-state index contributed by atoms with van der Waals surface area (Å²) in [6, 6.07) is 3.64. The molecule has 0 aliphatic rings. The molecule has 1 aromatic carbocycles. The summed E-state index contributed by atoms with van der Waals surface area (Å²) < 4.78 is 37.2. The molecule has 0 aromatic heterocycles. The van der Waals surface area contributed by atoms with E-state index in [0.717, 1.165) is 0 Å². The lowest BCUT2D eigenvalue weighted by Crippen LogP contribution is -2.32. The number of phenols is 1. The summed E-state index contributed by atoms with van der Waals surface area (Å²) in [5.74, 6) is -0.169. The number of sulfonamides is 1. The van der Waals surface area contributed by atoms with Gasteiger partial charge in [-0.3, -0.25) is 4.21 Å². The van der Waals surface area contributed by atoms with Gasteiger partial charge in [-0.15, -0.1) is 0 Å². The zero-order chi connectivity index (χ0) is 13.9. The second-order valence-electron chi connectivity index (χ2n) is 3.88. The van der Waals surface area contributed by atoms with Crippen LogP contribution in [0.3, 0.4) is 0 Å². The third kappa shape index (κ3) is 3.69. The lowest BCUT2D eigenvalue weighted by molar-refractivity contribution is 0.477. The Morgan fingerprint density at radius 2 is 2.11 bits per heavy atom. The number of aromatic hydroxyl groups is 1. The van der Waals surface area contributed by atoms with E-state index < -0.39 is 20.8 Å². The van der Waals surface area contributed by atoms with Crippen molar-refractivity contribution in [3.05, 3.63) is 18.2 Å². The molecule has 0 fully saturated rings. The molecule has 0 aliphatic heterocycles. The second kappa shape index (κ2) is 5.68. The van der Waals surface area contributed by atoms with Gasteiger partial charge in [0.25, 0.3) is 0 Å². The number of hydrogen-bond donors (Lipinski definition) is 3. The van der Waals surface area contributed by atoms with Gasteiger partial charge in [-0.05, 0) is 25.1 Å². The number of phenolic OH excluding ortho intramolecular Hbond substituents is 1. The first-order valence-electron chi connectivity index (χ1n) is 5.14. The zero-order valence-electron chi connectivity index (χ0n) is 10.1. The van der Waals surface area contributed by atoms with Gasteiger partial charge in [0, 0.05) is 28.9 Å². The molecular weight excluding hydrogens is 276 g/mol. The van der Waals surface area contributed by atoms with Crippen LogP contribution in [0, 0.1) is 0 Å². The van der Waals surface area contributed by atoms with Crippen molar-refractivity contribution in [3.8, 4) is 5.75 Å². The van der Waals surface area contributed by atoms with Gasteiger partial charge in [-0.25, -0.2) is 13.1 Å². The number of nitrogens with two attached hydrogens (primary N) is 1. The largest absolute Gasteiger partial charge is 0.506 e. The molecule has 102 valence electrons. The van der Waals surface area contributed by atoms with Gasteiger partial charge < -0.3 is 10.8 Å². The summed E-state index contributed by atoms with van der Waals surface area (Å²) in [6.45, 7) is 1.76. The Labute approximate surface area is 109 Å². The molecule has 0 radical (unpaired) electrons. The summed E-state index contributed by atoms with van der Waals surface area (Å²) >= 11 is 0. The number of hydrogen-bond acceptors (Lipinski definition) is 5. The fraction of sp³-hybridized carbons (Fsp3) is 0.400. The molecule has 0 bridgehead atoms. The van der Waals surface area contributed by atoms with E-state index in [4.69, 9.17) is 5.73 Å². The minimum Gasteiger partial charge on any atom is -0.506 e. The standard InChI is InChI=1S/C10H16N2O4S2/c1-7(17(2)14)6-12-18(15,16)8-3-4-10(13)9(11)5-8/h3-5,7,12-13H,6,11H2,1-2H3. The van der Waals surface area contributed by atoms with Gasteiger partial charge in [0.05, 0.1) is 10.6 Å². The van der Waals surface area contributed by atoms with Crippen molar-refractivity contribution < 1.29 is 17.7 Å². The zero-order valence-corrected chi connectivity index (χ0v) is 11.7. The van der Waals surface area contributed by atoms with Crippen LogP contribution in [0.25, 0.3) is 0 Å². The maximum absolute atomic E-state index is 11.9. The van der Waals surface area contributed by atoms with Crippen LogP contribution in [-0.4, -0.2) is 35.8 Å². The van der Waals surface area contributed by atoms with E-state index in [1.807, 2.05) is 0 Å². The van der Waals surface area contributed by atoms with Crippen LogP contribution in [-0.2, 0) is 20.8 Å². The average molecular weight is 292 g/mol. The monoisotopic (exact) mass is 292 g/mol. The SMILES string of the molecule is CC(CNS(=O)(=O)c1ccc(O)c(N)c1)S(C)=O. The minimum absolute atomic E-state index is 0.00927. The molecule has 2 unspecified atom stereocenters. The Bertz CT molecular complexity index is 557. The molecule has 0 saturated carbocycles. The quantitative estimate of drug-likeness (QED) is 0.523. The molecule has 0 amide bonds. The number of nitrogens with one attached hydrogen (secondary N) is 1. The molecule has 1 rings (SSSR count). The molecule has 18 heavy (non-hydrogen) atoms. The van der Waals surface area contributed by atoms with Crippen molar-refractivity contribution in [1.82, 2.24) is 4.72 Å². The first kappa shape index (κ1) is 14.9. The Balaban J connectivity index is 2.87. The number of benzene rings is 1. The van der Waals surface area contributed by atoms with Crippen molar-refractivity contribution in [2.24, 2.45) is 0 Å². The molecule has 4 N–H and O–H groups in total. The molecule has 2 atom stereocenters. The van der Waals surface area contributed by atoms with Gasteiger partial charge >= 0.3 is 0 Å². The third-order valence-electron chi connectivity index (χ3n) is 2.44. The van der Waals surface area contributed by atoms with E-state index in [2.05, 4.69) is 4.72 Å². The van der Waals surface area contributed by atoms with Gasteiger partial charge in [0.1, 0.15) is 5.75 Å². The van der Waals surface area contributed by atoms with Crippen LogP contribution < -0.4 is 10.5 Å². The molecule has 0 aliphatic carbocycles. The van der Waals surface area contributed by atoms with Gasteiger partial charge in [0.2, 0.25) is 10.0 Å². The van der Waals surface area contributed by atoms with Crippen molar-refractivity contribution in [2.75, 3.05) is 18.5 Å². The Morgan fingerprint density at radius 3 is 2.61 bits per heavy atom. The highest BCUT2D eigenvalue weighted by molar-refractivity contribution is 7.89. The molecular formula is C10H16N2O4S2. The number of rotatable bonds is 5. The fourth-order valence-electron chi connectivity index (χ4n) is 1.13. The predicted octanol–water partition coefficient (Wildman–Crippen LogP) is 0.0197. The van der Waals surface area contributed by atoms with Crippen LogP contribution in [0.4, 0.5) is 5.69 Å². The van der Waals surface area contributed by atoms with Crippen molar-refractivity contribution >= 4 is 26.5 Å². The van der Waals surface area contributed by atoms with E-state index in [9.17, 15) is 17.7 Å². The second-order valence-corrected chi connectivity index (χ2v) is 7.45. The topological polar surface area (TPSA) is 109 Å². The average Bonchev–Trinajstić information content (AvgIpc) is 2.29. The van der Waals surface area contributed by atoms with Crippen LogP contribution in [0.1, 0.15) is 6.92 Å². The van der Waals surface area contributed by atoms with Crippen LogP contribution in [0.2, 0.25) is 0 Å². The summed E-state index contributed by atoms with van der Waals surface area (Å²) in [7, 11) is -4.80. The van der Waals surface area contributed by atoms with Crippen molar-refractivity contribution in [2.45, 2.75) is 17.1 Å². The van der Waals surface area contributed by atoms with E-state index in [1.54, 1.807) is 6.92 Å². The van der Waals surface area contributed by atoms with Crippen molar-refractivity contribution in [1.29, 1.82) is 0 Å². The Hall–Kier alpha value is -1.12. The van der Waals surface area contributed by atoms with E-state index in [1.165, 1.54) is 24.5 Å². The third-order valence-corrected chi connectivity index (χ3v) is 5.16. The maximum atomic E-state index is 11.9. The van der Waals surface area contributed by atoms with Crippen LogP contribution in [0.5, 0.6) is 5.75 Å². The maximum Gasteiger partial charge on any atom is 0.240 e. The summed E-state index contributed by atoms with van der Waals surface area (Å²) in [5, 5.41) is 8.94. The smallest absolute Gasteiger partial charge is 0.240 e. The fourth-order valence-corrected chi connectivity index (χ4v) is 2.72. The normalized spacial score (nSPS) is 15.2. The minimum atomic E-state index is -3.70. The summed E-state index contributed by atoms with van der Waals surface area (Å²) in [4.78, 5) is -0.0353. The summed E-state index contributed by atoms with van der Waals surface area (Å²) in [5.41, 5.74) is 5.42. The first-order chi connectivity index (χ1) is 8.24. The van der Waals surface area contributed by atoms with Crippen molar-refractivity contribution in [3.63, 3.8) is 0 Å².